The fraction of sp³-hybridized carbons (Fsp3) is 0.529. The number of amides is 1. The number of hydrogen-bond donors (Lipinski definition) is 1. The molecule has 1 heterocycles. The maximum atomic E-state index is 11.8. The third-order valence-corrected chi connectivity index (χ3v) is 3.96. The number of hydrogen-bond acceptors (Lipinski definition) is 4. The van der Waals surface area contributed by atoms with Crippen LogP contribution < -0.4 is 10.2 Å². The van der Waals surface area contributed by atoms with Gasteiger partial charge in [-0.05, 0) is 18.6 Å². The molecular formula is C17H24N4O. The van der Waals surface area contributed by atoms with Gasteiger partial charge in [-0.15, -0.1) is 0 Å². The van der Waals surface area contributed by atoms with Crippen molar-refractivity contribution in [2.24, 2.45) is 0 Å². The second-order valence-corrected chi connectivity index (χ2v) is 5.60. The van der Waals surface area contributed by atoms with Gasteiger partial charge in [0.1, 0.15) is 6.07 Å². The number of unbranched alkanes of at least 4 members (excludes halogenated alkanes) is 1. The Morgan fingerprint density at radius 1 is 1.27 bits per heavy atom. The van der Waals surface area contributed by atoms with Gasteiger partial charge < -0.3 is 10.2 Å². The number of nitrogens with one attached hydrogen (secondary N) is 1. The Hall–Kier alpha value is -2.06. The molecule has 1 aliphatic heterocycles. The van der Waals surface area contributed by atoms with Crippen molar-refractivity contribution in [3.8, 4) is 6.07 Å². The maximum Gasteiger partial charge on any atom is 0.234 e. The van der Waals surface area contributed by atoms with Crippen molar-refractivity contribution in [3.63, 3.8) is 0 Å². The minimum Gasteiger partial charge on any atom is -0.368 e. The Balaban J connectivity index is 1.81. The van der Waals surface area contributed by atoms with E-state index in [-0.39, 0.29) is 5.91 Å². The van der Waals surface area contributed by atoms with Crippen LogP contribution in [0.4, 0.5) is 5.69 Å². The second-order valence-electron chi connectivity index (χ2n) is 5.60. The lowest BCUT2D eigenvalue weighted by molar-refractivity contribution is -0.122. The molecule has 1 amide bonds. The molecule has 0 aliphatic carbocycles. The first kappa shape index (κ1) is 16.3. The summed E-state index contributed by atoms with van der Waals surface area (Å²) in [6.07, 6.45) is 2.13. The number of carbonyl (C=O) groups is 1. The zero-order valence-electron chi connectivity index (χ0n) is 13.2. The Morgan fingerprint density at radius 3 is 2.68 bits per heavy atom. The normalized spacial score (nSPS) is 15.4. The van der Waals surface area contributed by atoms with Crippen molar-refractivity contribution >= 4 is 11.6 Å². The summed E-state index contributed by atoms with van der Waals surface area (Å²) in [4.78, 5) is 16.2. The highest BCUT2D eigenvalue weighted by molar-refractivity contribution is 5.78. The molecule has 1 fully saturated rings. The molecule has 118 valence electrons. The molecule has 0 spiro atoms. The highest BCUT2D eigenvalue weighted by atomic mass is 16.2. The van der Waals surface area contributed by atoms with Gasteiger partial charge in [-0.25, -0.2) is 0 Å². The van der Waals surface area contributed by atoms with E-state index in [1.54, 1.807) is 0 Å². The van der Waals surface area contributed by atoms with E-state index in [1.807, 2.05) is 24.3 Å². The third-order valence-electron chi connectivity index (χ3n) is 3.96. The van der Waals surface area contributed by atoms with Gasteiger partial charge in [-0.2, -0.15) is 5.26 Å². The van der Waals surface area contributed by atoms with Crippen LogP contribution in [0.25, 0.3) is 0 Å². The molecule has 0 atom stereocenters. The van der Waals surface area contributed by atoms with Crippen molar-refractivity contribution < 1.29 is 4.79 Å². The zero-order chi connectivity index (χ0) is 15.8. The highest BCUT2D eigenvalue weighted by Gasteiger charge is 2.20. The minimum atomic E-state index is 0.110. The van der Waals surface area contributed by atoms with E-state index in [4.69, 9.17) is 0 Å². The SMILES string of the molecule is CCCCNC(=O)CN1CCN(c2ccccc2C#N)CC1. The monoisotopic (exact) mass is 300 g/mol. The first-order valence-electron chi connectivity index (χ1n) is 7.97. The van der Waals surface area contributed by atoms with Crippen LogP contribution in [0, 0.1) is 11.3 Å². The van der Waals surface area contributed by atoms with Gasteiger partial charge >= 0.3 is 0 Å². The van der Waals surface area contributed by atoms with E-state index in [0.29, 0.717) is 12.1 Å². The molecule has 5 heteroatoms. The number of piperazine rings is 1. The molecule has 0 radical (unpaired) electrons. The third kappa shape index (κ3) is 4.47. The fourth-order valence-corrected chi connectivity index (χ4v) is 2.65. The van der Waals surface area contributed by atoms with Gasteiger partial charge in [0.2, 0.25) is 5.91 Å². The molecule has 1 aromatic rings. The lowest BCUT2D eigenvalue weighted by atomic mass is 10.1. The van der Waals surface area contributed by atoms with Crippen LogP contribution in [0.15, 0.2) is 24.3 Å². The Labute approximate surface area is 132 Å². The van der Waals surface area contributed by atoms with Crippen LogP contribution in [0.2, 0.25) is 0 Å². The Kier molecular flexibility index (Phi) is 6.23. The predicted octanol–water partition coefficient (Wildman–Crippen LogP) is 1.60. The molecule has 0 bridgehead atoms. The molecule has 1 aromatic carbocycles. The number of rotatable bonds is 6. The molecule has 22 heavy (non-hydrogen) atoms. The summed E-state index contributed by atoms with van der Waals surface area (Å²) in [5.74, 6) is 0.110. The van der Waals surface area contributed by atoms with Crippen molar-refractivity contribution in [2.75, 3.05) is 44.2 Å². The number of carbonyl (C=O) groups excluding carboxylic acids is 1. The molecule has 0 saturated carbocycles. The van der Waals surface area contributed by atoms with E-state index in [1.165, 1.54) is 0 Å². The largest absolute Gasteiger partial charge is 0.368 e. The number of nitriles is 1. The Bertz CT molecular complexity index is 530. The summed E-state index contributed by atoms with van der Waals surface area (Å²) in [5, 5.41) is 12.1. The molecule has 1 N–H and O–H groups in total. The maximum absolute atomic E-state index is 11.8. The quantitative estimate of drug-likeness (QED) is 0.811. The molecule has 0 unspecified atom stereocenters. The lowest BCUT2D eigenvalue weighted by Crippen LogP contribution is -2.49. The van der Waals surface area contributed by atoms with Crippen molar-refractivity contribution in [1.82, 2.24) is 10.2 Å². The van der Waals surface area contributed by atoms with Gasteiger partial charge in [-0.1, -0.05) is 25.5 Å². The average molecular weight is 300 g/mol. The summed E-state index contributed by atoms with van der Waals surface area (Å²) in [6.45, 7) is 6.75. The number of benzene rings is 1. The van der Waals surface area contributed by atoms with Gasteiger partial charge in [0.25, 0.3) is 0 Å². The molecule has 1 aliphatic rings. The molecule has 0 aromatic heterocycles. The predicted molar refractivity (Wildman–Crippen MR) is 87.7 cm³/mol. The van der Waals surface area contributed by atoms with Crippen LogP contribution in [0.3, 0.4) is 0 Å². The summed E-state index contributed by atoms with van der Waals surface area (Å²) in [6, 6.07) is 9.94. The van der Waals surface area contributed by atoms with Crippen LogP contribution in [0.5, 0.6) is 0 Å². The molecular weight excluding hydrogens is 276 g/mol. The summed E-state index contributed by atoms with van der Waals surface area (Å²) >= 11 is 0. The van der Waals surface area contributed by atoms with Crippen LogP contribution in [-0.2, 0) is 4.79 Å². The van der Waals surface area contributed by atoms with Gasteiger partial charge in [0.15, 0.2) is 0 Å². The molecule has 2 rings (SSSR count). The smallest absolute Gasteiger partial charge is 0.234 e. The van der Waals surface area contributed by atoms with Crippen molar-refractivity contribution in [1.29, 1.82) is 5.26 Å². The Morgan fingerprint density at radius 2 is 2.00 bits per heavy atom. The van der Waals surface area contributed by atoms with Crippen molar-refractivity contribution in [3.05, 3.63) is 29.8 Å². The highest BCUT2D eigenvalue weighted by Crippen LogP contribution is 2.20. The van der Waals surface area contributed by atoms with Crippen LogP contribution in [-0.4, -0.2) is 50.1 Å². The second kappa shape index (κ2) is 8.40. The van der Waals surface area contributed by atoms with E-state index >= 15 is 0 Å². The number of para-hydroxylation sites is 1. The van der Waals surface area contributed by atoms with E-state index < -0.39 is 0 Å². The van der Waals surface area contributed by atoms with Gasteiger partial charge in [0, 0.05) is 32.7 Å². The van der Waals surface area contributed by atoms with Crippen molar-refractivity contribution in [2.45, 2.75) is 19.8 Å². The number of nitrogens with zero attached hydrogens (tertiary/aromatic N) is 3. The van der Waals surface area contributed by atoms with E-state index in [2.05, 4.69) is 28.1 Å². The van der Waals surface area contributed by atoms with Crippen LogP contribution >= 0.6 is 0 Å². The summed E-state index contributed by atoms with van der Waals surface area (Å²) < 4.78 is 0. The van der Waals surface area contributed by atoms with Gasteiger partial charge in [0.05, 0.1) is 17.8 Å². The molecule has 1 saturated heterocycles. The van der Waals surface area contributed by atoms with Gasteiger partial charge in [-0.3, -0.25) is 9.69 Å². The lowest BCUT2D eigenvalue weighted by Gasteiger charge is -2.36. The van der Waals surface area contributed by atoms with E-state index in [9.17, 15) is 10.1 Å². The topological polar surface area (TPSA) is 59.4 Å². The number of anilines is 1. The summed E-state index contributed by atoms with van der Waals surface area (Å²) in [5.41, 5.74) is 1.71. The average Bonchev–Trinajstić information content (AvgIpc) is 2.56. The zero-order valence-corrected chi connectivity index (χ0v) is 13.2. The summed E-state index contributed by atoms with van der Waals surface area (Å²) in [7, 11) is 0. The first-order valence-corrected chi connectivity index (χ1v) is 7.97. The first-order chi connectivity index (χ1) is 10.7. The minimum absolute atomic E-state index is 0.110. The standard InChI is InChI=1S/C17H24N4O/c1-2-3-8-19-17(22)14-20-9-11-21(12-10-20)16-7-5-4-6-15(16)13-18/h4-7H,2-3,8-12,14H2,1H3,(H,19,22). The molecule has 5 nitrogen and oxygen atoms in total. The van der Waals surface area contributed by atoms with E-state index in [0.717, 1.165) is 51.3 Å². The fourth-order valence-electron chi connectivity index (χ4n) is 2.65. The van der Waals surface area contributed by atoms with Crippen LogP contribution in [0.1, 0.15) is 25.3 Å².